The Morgan fingerprint density at radius 2 is 0.889 bits per heavy atom. The standard InChI is InChI=1S/C49H55BN4/c1-46(2,3)32-18-23-37(24-19-32)53-40-27-22-34(48(7,8)9)28-39(40)50-44-41(53)29-35(49(10,11)12)30-42(44)54(38-25-20-33(21-26-38)47(4,5)6)43-31-52(51-45(43)50)36-16-14-13-15-17-36/h13-31H,1-12H3. The van der Waals surface area contributed by atoms with Crippen LogP contribution in [0.25, 0.3) is 5.69 Å². The zero-order valence-electron chi connectivity index (χ0n) is 34.3. The van der Waals surface area contributed by atoms with Crippen molar-refractivity contribution < 1.29 is 0 Å². The Morgan fingerprint density at radius 3 is 1.37 bits per heavy atom. The lowest BCUT2D eigenvalue weighted by Crippen LogP contribution is -2.62. The summed E-state index contributed by atoms with van der Waals surface area (Å²) in [5.41, 5.74) is 17.1. The van der Waals surface area contributed by atoms with E-state index < -0.39 is 0 Å². The Labute approximate surface area is 323 Å². The lowest BCUT2D eigenvalue weighted by Gasteiger charge is -2.44. The molecule has 0 atom stereocenters. The summed E-state index contributed by atoms with van der Waals surface area (Å²) in [6, 6.07) is 41.1. The van der Waals surface area contributed by atoms with Crippen molar-refractivity contribution >= 4 is 57.4 Å². The van der Waals surface area contributed by atoms with Crippen LogP contribution < -0.4 is 26.3 Å². The van der Waals surface area contributed by atoms with Gasteiger partial charge in [-0.1, -0.05) is 138 Å². The number of benzene rings is 5. The van der Waals surface area contributed by atoms with Gasteiger partial charge in [-0.3, -0.25) is 0 Å². The molecule has 0 saturated carbocycles. The number of rotatable bonds is 3. The normalized spacial score (nSPS) is 14.2. The summed E-state index contributed by atoms with van der Waals surface area (Å²) in [7, 11) is 0. The number of fused-ring (bicyclic) bond motifs is 4. The van der Waals surface area contributed by atoms with Gasteiger partial charge < -0.3 is 9.80 Å². The minimum atomic E-state index is -0.0879. The predicted molar refractivity (Wildman–Crippen MR) is 232 cm³/mol. The second-order valence-corrected chi connectivity index (χ2v) is 19.6. The first-order chi connectivity index (χ1) is 25.3. The minimum Gasteiger partial charge on any atom is -0.311 e. The van der Waals surface area contributed by atoms with Crippen molar-refractivity contribution in [2.45, 2.75) is 105 Å². The molecule has 5 heteroatoms. The van der Waals surface area contributed by atoms with Gasteiger partial charge in [0, 0.05) is 28.4 Å². The Hall–Kier alpha value is -5.03. The Morgan fingerprint density at radius 1 is 0.426 bits per heavy atom. The predicted octanol–water partition coefficient (Wildman–Crippen LogP) is 11.1. The van der Waals surface area contributed by atoms with E-state index in [9.17, 15) is 0 Å². The van der Waals surface area contributed by atoms with Crippen LogP contribution in [0.2, 0.25) is 0 Å². The summed E-state index contributed by atoms with van der Waals surface area (Å²) in [6.07, 6.45) is 2.25. The molecule has 4 nitrogen and oxygen atoms in total. The molecule has 8 rings (SSSR count). The monoisotopic (exact) mass is 710 g/mol. The van der Waals surface area contributed by atoms with E-state index in [2.05, 4.69) is 213 Å². The molecule has 6 aromatic rings. The van der Waals surface area contributed by atoms with E-state index >= 15 is 0 Å². The van der Waals surface area contributed by atoms with E-state index in [4.69, 9.17) is 5.10 Å². The van der Waals surface area contributed by atoms with Crippen molar-refractivity contribution in [1.82, 2.24) is 9.78 Å². The zero-order valence-corrected chi connectivity index (χ0v) is 34.3. The van der Waals surface area contributed by atoms with Crippen LogP contribution in [0.4, 0.5) is 34.1 Å². The average molecular weight is 711 g/mol. The fraction of sp³-hybridized carbons (Fsp3) is 0.327. The first-order valence-electron chi connectivity index (χ1n) is 19.6. The second-order valence-electron chi connectivity index (χ2n) is 19.6. The van der Waals surface area contributed by atoms with Crippen molar-refractivity contribution in [3.8, 4) is 5.69 Å². The highest BCUT2D eigenvalue weighted by atomic mass is 15.3. The Kier molecular flexibility index (Phi) is 8.16. The van der Waals surface area contributed by atoms with Crippen LogP contribution in [0.15, 0.2) is 115 Å². The molecule has 0 radical (unpaired) electrons. The van der Waals surface area contributed by atoms with E-state index in [1.807, 2.05) is 0 Å². The molecule has 2 aliphatic heterocycles. The van der Waals surface area contributed by atoms with Gasteiger partial charge in [-0.2, -0.15) is 5.10 Å². The second kappa shape index (κ2) is 12.2. The molecular formula is C49H55BN4. The lowest BCUT2D eigenvalue weighted by atomic mass is 9.35. The van der Waals surface area contributed by atoms with E-state index in [1.165, 1.54) is 55.9 Å². The van der Waals surface area contributed by atoms with Gasteiger partial charge >= 0.3 is 0 Å². The molecule has 0 saturated heterocycles. The van der Waals surface area contributed by atoms with Gasteiger partial charge in [-0.15, -0.1) is 0 Å². The largest absolute Gasteiger partial charge is 0.311 e. The molecule has 0 spiro atoms. The van der Waals surface area contributed by atoms with Crippen molar-refractivity contribution in [3.05, 3.63) is 138 Å². The Bertz CT molecular complexity index is 2360. The molecule has 0 unspecified atom stereocenters. The highest BCUT2D eigenvalue weighted by Gasteiger charge is 2.46. The molecule has 5 aromatic carbocycles. The van der Waals surface area contributed by atoms with Gasteiger partial charge in [0.1, 0.15) is 0 Å². The van der Waals surface area contributed by atoms with E-state index in [1.54, 1.807) is 0 Å². The number of hydrogen-bond donors (Lipinski definition) is 0. The lowest BCUT2D eigenvalue weighted by molar-refractivity contribution is 0.589. The third kappa shape index (κ3) is 6.06. The van der Waals surface area contributed by atoms with Gasteiger partial charge in [0.2, 0.25) is 0 Å². The van der Waals surface area contributed by atoms with Crippen LogP contribution in [0.1, 0.15) is 105 Å². The summed E-state index contributed by atoms with van der Waals surface area (Å²) in [4.78, 5) is 5.01. The van der Waals surface area contributed by atoms with Crippen LogP contribution in [-0.2, 0) is 21.7 Å². The van der Waals surface area contributed by atoms with E-state index in [0.29, 0.717) is 0 Å². The summed E-state index contributed by atoms with van der Waals surface area (Å²) in [5.74, 6) is 0. The van der Waals surface area contributed by atoms with E-state index in [0.717, 1.165) is 22.7 Å². The molecule has 0 fully saturated rings. The number of aromatic nitrogens is 2. The molecule has 1 aromatic heterocycles. The first kappa shape index (κ1) is 36.0. The highest BCUT2D eigenvalue weighted by molar-refractivity contribution is 7.00. The number of nitrogens with zero attached hydrogens (tertiary/aromatic N) is 4. The molecule has 274 valence electrons. The smallest absolute Gasteiger partial charge is 0.277 e. The fourth-order valence-electron chi connectivity index (χ4n) is 8.12. The van der Waals surface area contributed by atoms with E-state index in [-0.39, 0.29) is 28.4 Å². The molecule has 0 N–H and O–H groups in total. The number of hydrogen-bond acceptors (Lipinski definition) is 3. The molecule has 0 aliphatic carbocycles. The van der Waals surface area contributed by atoms with Crippen LogP contribution in [0.5, 0.6) is 0 Å². The fourth-order valence-corrected chi connectivity index (χ4v) is 8.12. The summed E-state index contributed by atoms with van der Waals surface area (Å²) in [5, 5.41) is 5.53. The maximum absolute atomic E-state index is 5.53. The molecule has 54 heavy (non-hydrogen) atoms. The van der Waals surface area contributed by atoms with Crippen molar-refractivity contribution in [2.75, 3.05) is 9.80 Å². The van der Waals surface area contributed by atoms with Gasteiger partial charge in [-0.05, 0) is 109 Å². The maximum Gasteiger partial charge on any atom is 0.277 e. The number of para-hydroxylation sites is 1. The van der Waals surface area contributed by atoms with Crippen molar-refractivity contribution in [1.29, 1.82) is 0 Å². The third-order valence-electron chi connectivity index (χ3n) is 11.5. The first-order valence-corrected chi connectivity index (χ1v) is 19.6. The molecular weight excluding hydrogens is 655 g/mol. The van der Waals surface area contributed by atoms with Gasteiger partial charge in [0.25, 0.3) is 6.71 Å². The maximum atomic E-state index is 5.53. The van der Waals surface area contributed by atoms with Crippen molar-refractivity contribution in [2.24, 2.45) is 0 Å². The summed E-state index contributed by atoms with van der Waals surface area (Å²) >= 11 is 0. The molecule has 3 heterocycles. The number of anilines is 6. The van der Waals surface area contributed by atoms with Gasteiger partial charge in [0.05, 0.1) is 23.2 Å². The van der Waals surface area contributed by atoms with Crippen LogP contribution >= 0.6 is 0 Å². The summed E-state index contributed by atoms with van der Waals surface area (Å²) in [6.45, 7) is 27.6. The molecule has 2 aliphatic rings. The average Bonchev–Trinajstić information content (AvgIpc) is 3.55. The van der Waals surface area contributed by atoms with Crippen LogP contribution in [0, 0.1) is 0 Å². The zero-order chi connectivity index (χ0) is 38.5. The van der Waals surface area contributed by atoms with Crippen LogP contribution in [0.3, 0.4) is 0 Å². The van der Waals surface area contributed by atoms with Gasteiger partial charge in [-0.25, -0.2) is 4.68 Å². The summed E-state index contributed by atoms with van der Waals surface area (Å²) < 4.78 is 2.09. The van der Waals surface area contributed by atoms with Gasteiger partial charge in [0.15, 0.2) is 0 Å². The third-order valence-corrected chi connectivity index (χ3v) is 11.5. The minimum absolute atomic E-state index is 0.0187. The SMILES string of the molecule is CC(C)(C)c1ccc(N2c3ccc(C(C)(C)C)cc3B3c4nn(-c5ccccc5)cc4N(c4ccc(C(C)(C)C)cc4)c4cc(C(C)(C)C)cc2c43)cc1. The topological polar surface area (TPSA) is 24.3 Å². The molecule has 0 amide bonds. The quantitative estimate of drug-likeness (QED) is 0.171. The van der Waals surface area contributed by atoms with Crippen LogP contribution in [-0.4, -0.2) is 16.5 Å². The highest BCUT2D eigenvalue weighted by Crippen LogP contribution is 2.47. The van der Waals surface area contributed by atoms with Crippen molar-refractivity contribution in [3.63, 3.8) is 0 Å². The molecule has 0 bridgehead atoms. The Balaban J connectivity index is 1.48.